The largest absolute Gasteiger partial charge is 0.348 e. The first kappa shape index (κ1) is 14.1. The van der Waals surface area contributed by atoms with Crippen LogP contribution in [0.1, 0.15) is 0 Å². The quantitative estimate of drug-likeness (QED) is 0.685. The van der Waals surface area contributed by atoms with Gasteiger partial charge in [0.1, 0.15) is 0 Å². The minimum Gasteiger partial charge on any atom is -0.348 e. The average molecular weight is 294 g/mol. The summed E-state index contributed by atoms with van der Waals surface area (Å²) in [6.45, 7) is 4.30. The topological polar surface area (TPSA) is 73.2 Å². The van der Waals surface area contributed by atoms with Gasteiger partial charge in [-0.3, -0.25) is 20.1 Å². The lowest BCUT2D eigenvalue weighted by Gasteiger charge is -2.06. The Morgan fingerprint density at radius 3 is 3.14 bits per heavy atom. The second-order valence-corrected chi connectivity index (χ2v) is 4.94. The smallest absolute Gasteiger partial charge is 0.0859 e. The van der Waals surface area contributed by atoms with Crippen molar-refractivity contribution in [3.63, 3.8) is 0 Å². The molecule has 6 heteroatoms. The van der Waals surface area contributed by atoms with Gasteiger partial charge in [0.2, 0.25) is 0 Å². The maximum atomic E-state index is 5.37. The Bertz CT molecular complexity index is 931. The fourth-order valence-electron chi connectivity index (χ4n) is 2.41. The van der Waals surface area contributed by atoms with Crippen molar-refractivity contribution in [2.75, 3.05) is 12.1 Å². The molecule has 0 aliphatic carbocycles. The third kappa shape index (κ3) is 2.51. The minimum absolute atomic E-state index is 0.270. The van der Waals surface area contributed by atoms with Crippen LogP contribution in [0.4, 0.5) is 5.69 Å². The molecule has 6 nitrogen and oxygen atoms in total. The number of nitrogens with zero attached hydrogens (tertiary/aromatic N) is 4. The van der Waals surface area contributed by atoms with Gasteiger partial charge in [0, 0.05) is 43.4 Å². The number of anilines is 1. The van der Waals surface area contributed by atoms with Gasteiger partial charge in [-0.05, 0) is 23.4 Å². The first-order valence-corrected chi connectivity index (χ1v) is 6.93. The van der Waals surface area contributed by atoms with E-state index < -0.39 is 0 Å². The van der Waals surface area contributed by atoms with Gasteiger partial charge in [-0.25, -0.2) is 0 Å². The van der Waals surface area contributed by atoms with Crippen LogP contribution in [-0.2, 0) is 7.05 Å². The highest BCUT2D eigenvalue weighted by atomic mass is 15.4. The van der Waals surface area contributed by atoms with Crippen molar-refractivity contribution in [3.8, 4) is 0 Å². The Balaban J connectivity index is 2.05. The molecule has 0 fully saturated rings. The number of hydrogen-bond donors (Lipinski definition) is 2. The molecule has 3 aromatic rings. The lowest BCUT2D eigenvalue weighted by Crippen LogP contribution is -2.31. The molecule has 0 aliphatic rings. The van der Waals surface area contributed by atoms with Crippen LogP contribution in [0.2, 0.25) is 0 Å². The van der Waals surface area contributed by atoms with Gasteiger partial charge >= 0.3 is 0 Å². The summed E-state index contributed by atoms with van der Waals surface area (Å²) in [6, 6.07) is 3.93. The lowest BCUT2D eigenvalue weighted by molar-refractivity contribution is 0.921. The molecule has 0 aromatic carbocycles. The Morgan fingerprint density at radius 1 is 1.45 bits per heavy atom. The lowest BCUT2D eigenvalue weighted by atomic mass is 10.3. The van der Waals surface area contributed by atoms with Crippen LogP contribution in [0, 0.1) is 0 Å². The van der Waals surface area contributed by atoms with E-state index in [1.165, 1.54) is 0 Å². The van der Waals surface area contributed by atoms with Gasteiger partial charge in [0.05, 0.1) is 23.2 Å². The van der Waals surface area contributed by atoms with Crippen LogP contribution in [0.25, 0.3) is 23.6 Å². The molecule has 0 atom stereocenters. The van der Waals surface area contributed by atoms with Crippen molar-refractivity contribution in [1.29, 1.82) is 0 Å². The summed E-state index contributed by atoms with van der Waals surface area (Å²) < 4.78 is 3.97. The fraction of sp³-hybridized carbons (Fsp3) is 0.125. The van der Waals surface area contributed by atoms with Crippen molar-refractivity contribution in [2.24, 2.45) is 17.8 Å². The first-order chi connectivity index (χ1) is 10.7. The van der Waals surface area contributed by atoms with Crippen molar-refractivity contribution >= 4 is 35.5 Å². The second kappa shape index (κ2) is 5.87. The van der Waals surface area contributed by atoms with Gasteiger partial charge < -0.3 is 10.3 Å². The molecule has 0 bridgehead atoms. The Labute approximate surface area is 127 Å². The maximum absolute atomic E-state index is 5.37. The summed E-state index contributed by atoms with van der Waals surface area (Å²) in [4.78, 5) is 8.20. The van der Waals surface area contributed by atoms with Crippen LogP contribution >= 0.6 is 0 Å². The Morgan fingerprint density at radius 2 is 2.32 bits per heavy atom. The van der Waals surface area contributed by atoms with Crippen LogP contribution in [-0.4, -0.2) is 27.1 Å². The zero-order chi connectivity index (χ0) is 15.5. The predicted octanol–water partition coefficient (Wildman–Crippen LogP) is 0.428. The van der Waals surface area contributed by atoms with E-state index in [9.17, 15) is 0 Å². The van der Waals surface area contributed by atoms with Crippen molar-refractivity contribution in [3.05, 3.63) is 47.5 Å². The fourth-order valence-corrected chi connectivity index (χ4v) is 2.41. The van der Waals surface area contributed by atoms with E-state index in [0.29, 0.717) is 0 Å². The molecule has 0 amide bonds. The number of pyridine rings is 1. The molecule has 112 valence electrons. The standard InChI is InChI=1S/C16H18N6/c1-12-5-8-22(15(12)3-7-19-11-17)20-14-10-21(2)16-4-6-18-9-13(14)16/h3-10,20H,1,11,17H2,2H3/b15-3+,19-7-. The van der Waals surface area contributed by atoms with E-state index in [-0.39, 0.29) is 6.67 Å². The maximum Gasteiger partial charge on any atom is 0.0859 e. The molecule has 0 saturated carbocycles. The highest BCUT2D eigenvalue weighted by Crippen LogP contribution is 2.23. The van der Waals surface area contributed by atoms with Gasteiger partial charge in [0.15, 0.2) is 0 Å². The summed E-state index contributed by atoms with van der Waals surface area (Å²) >= 11 is 0. The molecule has 0 spiro atoms. The normalized spacial score (nSPS) is 12.5. The van der Waals surface area contributed by atoms with E-state index in [1.54, 1.807) is 12.4 Å². The predicted molar refractivity (Wildman–Crippen MR) is 91.0 cm³/mol. The Kier molecular flexibility index (Phi) is 3.76. The number of aromatic nitrogens is 3. The minimum atomic E-state index is 0.270. The summed E-state index contributed by atoms with van der Waals surface area (Å²) in [5.41, 5.74) is 10.8. The second-order valence-electron chi connectivity index (χ2n) is 4.94. The third-order valence-electron chi connectivity index (χ3n) is 3.49. The molecule has 0 radical (unpaired) electrons. The molecule has 22 heavy (non-hydrogen) atoms. The van der Waals surface area contributed by atoms with E-state index in [2.05, 4.69) is 26.5 Å². The SMILES string of the molecule is C=c1ccn(Nc2cn(C)c3ccncc23)/c1=C/C=N\CN. The zero-order valence-electron chi connectivity index (χ0n) is 12.4. The number of fused-ring (bicyclic) bond motifs is 1. The summed E-state index contributed by atoms with van der Waals surface area (Å²) in [6.07, 6.45) is 11.2. The van der Waals surface area contributed by atoms with Gasteiger partial charge in [-0.2, -0.15) is 0 Å². The van der Waals surface area contributed by atoms with Crippen LogP contribution in [0.15, 0.2) is 41.9 Å². The van der Waals surface area contributed by atoms with E-state index >= 15 is 0 Å². The highest BCUT2D eigenvalue weighted by molar-refractivity contribution is 5.92. The van der Waals surface area contributed by atoms with Gasteiger partial charge in [-0.1, -0.05) is 6.58 Å². The first-order valence-electron chi connectivity index (χ1n) is 6.93. The molecule has 3 aromatic heterocycles. The number of hydrogen-bond acceptors (Lipinski definition) is 4. The Hall–Kier alpha value is -2.86. The molecule has 3 N–H and O–H groups in total. The summed E-state index contributed by atoms with van der Waals surface area (Å²) in [5, 5.41) is 2.90. The molecular formula is C16H18N6. The number of nitrogens with two attached hydrogens (primary N) is 1. The van der Waals surface area contributed by atoms with Gasteiger partial charge in [-0.15, -0.1) is 0 Å². The number of rotatable bonds is 4. The molecule has 3 heterocycles. The van der Waals surface area contributed by atoms with Crippen molar-refractivity contribution < 1.29 is 0 Å². The molecular weight excluding hydrogens is 276 g/mol. The molecule has 0 saturated heterocycles. The summed E-state index contributed by atoms with van der Waals surface area (Å²) in [7, 11) is 2.01. The van der Waals surface area contributed by atoms with Crippen LogP contribution in [0.3, 0.4) is 0 Å². The van der Waals surface area contributed by atoms with E-state index in [4.69, 9.17) is 5.73 Å². The third-order valence-corrected chi connectivity index (χ3v) is 3.49. The van der Waals surface area contributed by atoms with Crippen molar-refractivity contribution in [1.82, 2.24) is 14.2 Å². The summed E-state index contributed by atoms with van der Waals surface area (Å²) in [5.74, 6) is 0. The molecule has 3 rings (SSSR count). The monoisotopic (exact) mass is 294 g/mol. The van der Waals surface area contributed by atoms with Crippen LogP contribution < -0.4 is 21.7 Å². The number of aryl methyl sites for hydroxylation is 1. The van der Waals surface area contributed by atoms with Crippen LogP contribution in [0.5, 0.6) is 0 Å². The number of aliphatic imine (C=N–C) groups is 1. The molecule has 0 aliphatic heterocycles. The average Bonchev–Trinajstić information content (AvgIpc) is 3.03. The highest BCUT2D eigenvalue weighted by Gasteiger charge is 2.06. The zero-order valence-corrected chi connectivity index (χ0v) is 12.4. The number of nitrogens with one attached hydrogen (secondary N) is 1. The van der Waals surface area contributed by atoms with Crippen molar-refractivity contribution in [2.45, 2.75) is 0 Å². The van der Waals surface area contributed by atoms with E-state index in [0.717, 1.165) is 27.2 Å². The molecule has 0 unspecified atom stereocenters. The van der Waals surface area contributed by atoms with Gasteiger partial charge in [0.25, 0.3) is 0 Å². The van der Waals surface area contributed by atoms with E-state index in [1.807, 2.05) is 48.5 Å².